The monoisotopic (exact) mass is 154 g/mol. The summed E-state index contributed by atoms with van der Waals surface area (Å²) in [5, 5.41) is 0. The van der Waals surface area contributed by atoms with Crippen molar-refractivity contribution in [3.05, 3.63) is 0 Å². The average molecular weight is 154 g/mol. The van der Waals surface area contributed by atoms with Gasteiger partial charge < -0.3 is 4.84 Å². The van der Waals surface area contributed by atoms with Gasteiger partial charge in [0.1, 0.15) is 0 Å². The highest BCUT2D eigenvalue weighted by Gasteiger charge is 2.05. The van der Waals surface area contributed by atoms with Crippen LogP contribution in [0.2, 0.25) is 0 Å². The van der Waals surface area contributed by atoms with Crippen LogP contribution in [0.15, 0.2) is 0 Å². The van der Waals surface area contributed by atoms with Gasteiger partial charge in [0, 0.05) is 6.54 Å². The molecule has 0 atom stereocenters. The smallest absolute Gasteiger partial charge is 0.251 e. The van der Waals surface area contributed by atoms with Crippen LogP contribution in [0.25, 0.3) is 0 Å². The van der Waals surface area contributed by atoms with Gasteiger partial charge in [0.15, 0.2) is 0 Å². The molecule has 2 N–H and O–H groups in total. The summed E-state index contributed by atoms with van der Waals surface area (Å²) in [6.07, 6.45) is -2.29. The molecule has 10 heavy (non-hydrogen) atoms. The number of nitrogens with two attached hydrogens (primary N) is 1. The van der Waals surface area contributed by atoms with E-state index in [1.165, 1.54) is 4.90 Å². The molecule has 0 unspecified atom stereocenters. The lowest BCUT2D eigenvalue weighted by Crippen LogP contribution is -2.28. The fourth-order valence-corrected chi connectivity index (χ4v) is 0.535. The van der Waals surface area contributed by atoms with E-state index < -0.39 is 6.43 Å². The van der Waals surface area contributed by atoms with E-state index in [0.29, 0.717) is 6.54 Å². The fourth-order valence-electron chi connectivity index (χ4n) is 0.535. The molecule has 0 spiro atoms. The summed E-state index contributed by atoms with van der Waals surface area (Å²) in [6.45, 7) is 0.480. The second kappa shape index (κ2) is 5.52. The van der Waals surface area contributed by atoms with E-state index in [4.69, 9.17) is 5.90 Å². The summed E-state index contributed by atoms with van der Waals surface area (Å²) >= 11 is 0. The Labute approximate surface area is 58.7 Å². The van der Waals surface area contributed by atoms with E-state index in [-0.39, 0.29) is 13.2 Å². The molecule has 0 heterocycles. The van der Waals surface area contributed by atoms with Gasteiger partial charge in [-0.15, -0.1) is 0 Å². The van der Waals surface area contributed by atoms with Gasteiger partial charge in [-0.2, -0.15) is 0 Å². The van der Waals surface area contributed by atoms with Crippen LogP contribution in [0, 0.1) is 0 Å². The highest BCUT2D eigenvalue weighted by molar-refractivity contribution is 4.50. The lowest BCUT2D eigenvalue weighted by Gasteiger charge is -2.14. The summed E-state index contributed by atoms with van der Waals surface area (Å²) in [5.74, 6) is 4.69. The van der Waals surface area contributed by atoms with Crippen molar-refractivity contribution in [3.63, 3.8) is 0 Å². The maximum absolute atomic E-state index is 11.6. The van der Waals surface area contributed by atoms with Crippen molar-refractivity contribution < 1.29 is 13.6 Å². The summed E-state index contributed by atoms with van der Waals surface area (Å²) in [5.41, 5.74) is 0. The molecule has 0 aliphatic rings. The van der Waals surface area contributed by atoms with Gasteiger partial charge in [-0.05, 0) is 7.05 Å². The quantitative estimate of drug-likeness (QED) is 0.570. The summed E-state index contributed by atoms with van der Waals surface area (Å²) < 4.78 is 23.2. The lowest BCUT2D eigenvalue weighted by molar-refractivity contribution is 0.0711. The van der Waals surface area contributed by atoms with Gasteiger partial charge >= 0.3 is 0 Å². The molecule has 0 aliphatic carbocycles. The molecule has 0 aromatic carbocycles. The van der Waals surface area contributed by atoms with Crippen LogP contribution in [-0.2, 0) is 4.84 Å². The Hall–Kier alpha value is -0.260. The van der Waals surface area contributed by atoms with Crippen molar-refractivity contribution >= 4 is 0 Å². The van der Waals surface area contributed by atoms with Crippen molar-refractivity contribution in [2.24, 2.45) is 5.90 Å². The Morgan fingerprint density at radius 3 is 2.60 bits per heavy atom. The molecule has 62 valence electrons. The van der Waals surface area contributed by atoms with E-state index in [1.807, 2.05) is 0 Å². The molecule has 3 nitrogen and oxygen atoms in total. The first-order valence-electron chi connectivity index (χ1n) is 2.95. The number of nitrogens with zero attached hydrogens (tertiary/aromatic N) is 1. The molecule has 0 saturated heterocycles. The molecule has 0 fully saturated rings. The Morgan fingerprint density at radius 2 is 2.20 bits per heavy atom. The molecule has 0 aliphatic heterocycles. The number of alkyl halides is 2. The van der Waals surface area contributed by atoms with Crippen molar-refractivity contribution in [2.45, 2.75) is 6.43 Å². The van der Waals surface area contributed by atoms with Crippen molar-refractivity contribution in [3.8, 4) is 0 Å². The third kappa shape index (κ3) is 5.87. The van der Waals surface area contributed by atoms with E-state index in [2.05, 4.69) is 4.84 Å². The topological polar surface area (TPSA) is 38.5 Å². The van der Waals surface area contributed by atoms with Crippen LogP contribution < -0.4 is 5.90 Å². The zero-order chi connectivity index (χ0) is 7.98. The Kier molecular flexibility index (Phi) is 5.38. The van der Waals surface area contributed by atoms with Crippen molar-refractivity contribution in [2.75, 3.05) is 26.7 Å². The van der Waals surface area contributed by atoms with Gasteiger partial charge in [-0.3, -0.25) is 4.90 Å². The maximum Gasteiger partial charge on any atom is 0.251 e. The van der Waals surface area contributed by atoms with Crippen LogP contribution in [-0.4, -0.2) is 38.1 Å². The fraction of sp³-hybridized carbons (Fsp3) is 1.00. The molecular formula is C5H12F2N2O. The number of halogens is 2. The van der Waals surface area contributed by atoms with Gasteiger partial charge in [0.2, 0.25) is 0 Å². The third-order valence-corrected chi connectivity index (χ3v) is 1.04. The molecule has 0 saturated carbocycles. The zero-order valence-electron chi connectivity index (χ0n) is 5.89. The predicted molar refractivity (Wildman–Crippen MR) is 33.6 cm³/mol. The average Bonchev–Trinajstić information content (AvgIpc) is 1.82. The van der Waals surface area contributed by atoms with Gasteiger partial charge in [0.05, 0.1) is 13.2 Å². The molecule has 0 rings (SSSR count). The van der Waals surface area contributed by atoms with Crippen LogP contribution in [0.3, 0.4) is 0 Å². The number of hydrogen-bond acceptors (Lipinski definition) is 3. The maximum atomic E-state index is 11.6. The standard InChI is InChI=1S/C5H12F2N2O/c1-9(2-3-10-8)4-5(6)7/h5H,2-4,8H2,1H3. The van der Waals surface area contributed by atoms with Gasteiger partial charge in [-0.1, -0.05) is 0 Å². The van der Waals surface area contributed by atoms with Crippen LogP contribution in [0.1, 0.15) is 0 Å². The second-order valence-corrected chi connectivity index (χ2v) is 2.02. The molecular weight excluding hydrogens is 142 g/mol. The number of rotatable bonds is 5. The van der Waals surface area contributed by atoms with Gasteiger partial charge in [0.25, 0.3) is 6.43 Å². The van der Waals surface area contributed by atoms with Crippen LogP contribution >= 0.6 is 0 Å². The van der Waals surface area contributed by atoms with Gasteiger partial charge in [-0.25, -0.2) is 14.7 Å². The highest BCUT2D eigenvalue weighted by Crippen LogP contribution is 1.94. The number of likely N-dealkylation sites (N-methyl/N-ethyl adjacent to an activating group) is 1. The Bertz CT molecular complexity index is 82.0. The first-order chi connectivity index (χ1) is 4.66. The first kappa shape index (κ1) is 9.74. The normalized spacial score (nSPS) is 11.4. The first-order valence-corrected chi connectivity index (χ1v) is 2.95. The lowest BCUT2D eigenvalue weighted by atomic mass is 10.5. The molecule has 0 aromatic heterocycles. The molecule has 0 aromatic rings. The Morgan fingerprint density at radius 1 is 1.60 bits per heavy atom. The molecule has 0 bridgehead atoms. The zero-order valence-corrected chi connectivity index (χ0v) is 5.89. The van der Waals surface area contributed by atoms with E-state index >= 15 is 0 Å². The van der Waals surface area contributed by atoms with Crippen molar-refractivity contribution in [1.82, 2.24) is 4.90 Å². The van der Waals surface area contributed by atoms with E-state index in [9.17, 15) is 8.78 Å². The molecule has 5 heteroatoms. The third-order valence-electron chi connectivity index (χ3n) is 1.04. The molecule has 0 amide bonds. The van der Waals surface area contributed by atoms with E-state index in [0.717, 1.165) is 0 Å². The Balaban J connectivity index is 3.16. The molecule has 0 radical (unpaired) electrons. The van der Waals surface area contributed by atoms with Crippen LogP contribution in [0.4, 0.5) is 8.78 Å². The largest absolute Gasteiger partial charge is 0.303 e. The minimum absolute atomic E-state index is 0.233. The second-order valence-electron chi connectivity index (χ2n) is 2.02. The predicted octanol–water partition coefficient (Wildman–Crippen LogP) is 0.0736. The number of hydrogen-bond donors (Lipinski definition) is 1. The van der Waals surface area contributed by atoms with E-state index in [1.54, 1.807) is 7.05 Å². The minimum Gasteiger partial charge on any atom is -0.303 e. The summed E-state index contributed by atoms with van der Waals surface area (Å²) in [6, 6.07) is 0. The van der Waals surface area contributed by atoms with Crippen LogP contribution in [0.5, 0.6) is 0 Å². The highest BCUT2D eigenvalue weighted by atomic mass is 19.3. The minimum atomic E-state index is -2.29. The summed E-state index contributed by atoms with van der Waals surface area (Å²) in [7, 11) is 1.59. The van der Waals surface area contributed by atoms with Crippen molar-refractivity contribution in [1.29, 1.82) is 0 Å². The SMILES string of the molecule is CN(CCON)CC(F)F. The summed E-state index contributed by atoms with van der Waals surface area (Å²) in [4.78, 5) is 5.66.